The molecular weight excluding hydrogens is 242 g/mol. The maximum Gasteiger partial charge on any atom is 0.307 e. The van der Waals surface area contributed by atoms with Gasteiger partial charge in [-0.15, -0.1) is 0 Å². The summed E-state index contributed by atoms with van der Waals surface area (Å²) in [6.45, 7) is 2.45. The van der Waals surface area contributed by atoms with Crippen LogP contribution in [-0.4, -0.2) is 42.3 Å². The van der Waals surface area contributed by atoms with E-state index in [-0.39, 0.29) is 6.42 Å². The van der Waals surface area contributed by atoms with Crippen molar-refractivity contribution in [1.82, 2.24) is 4.90 Å². The average Bonchev–Trinajstić information content (AvgIpc) is 2.41. The molecule has 4 nitrogen and oxygen atoms in total. The molecule has 0 unspecified atom stereocenters. The first-order chi connectivity index (χ1) is 9.16. The largest absolute Gasteiger partial charge is 0.481 e. The van der Waals surface area contributed by atoms with Crippen molar-refractivity contribution in [2.45, 2.75) is 31.8 Å². The standard InChI is InChI=1S/C15H21NO3/c1-16(14-6-8-19-9-7-14)11-13-5-3-2-4-12(13)10-15(17)18/h2-5,14H,6-11H2,1H3,(H,17,18). The lowest BCUT2D eigenvalue weighted by Gasteiger charge is -2.31. The van der Waals surface area contributed by atoms with Gasteiger partial charge in [-0.3, -0.25) is 9.69 Å². The van der Waals surface area contributed by atoms with Crippen molar-refractivity contribution in [3.05, 3.63) is 35.4 Å². The molecule has 0 atom stereocenters. The van der Waals surface area contributed by atoms with Gasteiger partial charge in [0.05, 0.1) is 6.42 Å². The van der Waals surface area contributed by atoms with E-state index in [1.54, 1.807) is 0 Å². The lowest BCUT2D eigenvalue weighted by molar-refractivity contribution is -0.136. The molecule has 0 aliphatic carbocycles. The molecule has 1 aromatic rings. The molecule has 0 spiro atoms. The predicted molar refractivity (Wildman–Crippen MR) is 73.1 cm³/mol. The quantitative estimate of drug-likeness (QED) is 0.882. The molecule has 0 saturated carbocycles. The zero-order valence-corrected chi connectivity index (χ0v) is 11.3. The number of carboxylic acids is 1. The Kier molecular flexibility index (Phi) is 4.93. The fraction of sp³-hybridized carbons (Fsp3) is 0.533. The first kappa shape index (κ1) is 14.0. The third kappa shape index (κ3) is 4.04. The van der Waals surface area contributed by atoms with E-state index >= 15 is 0 Å². The second-order valence-electron chi connectivity index (χ2n) is 5.10. The Balaban J connectivity index is 2.02. The Labute approximate surface area is 114 Å². The Morgan fingerprint density at radius 2 is 1.95 bits per heavy atom. The van der Waals surface area contributed by atoms with Gasteiger partial charge in [-0.2, -0.15) is 0 Å². The van der Waals surface area contributed by atoms with Gasteiger partial charge in [0, 0.05) is 25.8 Å². The van der Waals surface area contributed by atoms with Crippen molar-refractivity contribution in [3.8, 4) is 0 Å². The van der Waals surface area contributed by atoms with Crippen LogP contribution in [0.2, 0.25) is 0 Å². The summed E-state index contributed by atoms with van der Waals surface area (Å²) in [7, 11) is 2.10. The van der Waals surface area contributed by atoms with E-state index in [1.807, 2.05) is 24.3 Å². The van der Waals surface area contributed by atoms with E-state index in [2.05, 4.69) is 11.9 Å². The highest BCUT2D eigenvalue weighted by molar-refractivity contribution is 5.70. The third-order valence-electron chi connectivity index (χ3n) is 3.69. The summed E-state index contributed by atoms with van der Waals surface area (Å²) < 4.78 is 5.37. The Morgan fingerprint density at radius 3 is 2.58 bits per heavy atom. The zero-order valence-electron chi connectivity index (χ0n) is 11.3. The van der Waals surface area contributed by atoms with Crippen molar-refractivity contribution in [1.29, 1.82) is 0 Å². The SMILES string of the molecule is CN(Cc1ccccc1CC(=O)O)C1CCOCC1. The van der Waals surface area contributed by atoms with Crippen LogP contribution < -0.4 is 0 Å². The maximum atomic E-state index is 10.9. The molecular formula is C15H21NO3. The molecule has 0 radical (unpaired) electrons. The van der Waals surface area contributed by atoms with E-state index in [4.69, 9.17) is 9.84 Å². The monoisotopic (exact) mass is 263 g/mol. The molecule has 19 heavy (non-hydrogen) atoms. The number of aliphatic carboxylic acids is 1. The number of rotatable bonds is 5. The molecule has 1 saturated heterocycles. The third-order valence-corrected chi connectivity index (χ3v) is 3.69. The topological polar surface area (TPSA) is 49.8 Å². The summed E-state index contributed by atoms with van der Waals surface area (Å²) in [5, 5.41) is 8.94. The van der Waals surface area contributed by atoms with Crippen LogP contribution in [0, 0.1) is 0 Å². The van der Waals surface area contributed by atoms with Gasteiger partial charge in [0.15, 0.2) is 0 Å². The van der Waals surface area contributed by atoms with Crippen LogP contribution in [0.25, 0.3) is 0 Å². The van der Waals surface area contributed by atoms with Crippen molar-refractivity contribution in [2.24, 2.45) is 0 Å². The van der Waals surface area contributed by atoms with Crippen molar-refractivity contribution in [2.75, 3.05) is 20.3 Å². The van der Waals surface area contributed by atoms with Crippen molar-refractivity contribution < 1.29 is 14.6 Å². The number of ether oxygens (including phenoxy) is 1. The molecule has 104 valence electrons. The first-order valence-electron chi connectivity index (χ1n) is 6.73. The fourth-order valence-corrected chi connectivity index (χ4v) is 2.57. The lowest BCUT2D eigenvalue weighted by atomic mass is 10.0. The predicted octanol–water partition coefficient (Wildman–Crippen LogP) is 1.92. The van der Waals surface area contributed by atoms with Crippen LogP contribution in [0.15, 0.2) is 24.3 Å². The molecule has 1 fully saturated rings. The van der Waals surface area contributed by atoms with Crippen LogP contribution in [-0.2, 0) is 22.5 Å². The second-order valence-corrected chi connectivity index (χ2v) is 5.10. The summed E-state index contributed by atoms with van der Waals surface area (Å²) in [4.78, 5) is 13.2. The van der Waals surface area contributed by atoms with E-state index in [1.165, 1.54) is 0 Å². The average molecular weight is 263 g/mol. The minimum atomic E-state index is -0.777. The highest BCUT2D eigenvalue weighted by Gasteiger charge is 2.19. The number of hydrogen-bond acceptors (Lipinski definition) is 3. The van der Waals surface area contributed by atoms with Crippen LogP contribution in [0.3, 0.4) is 0 Å². The first-order valence-corrected chi connectivity index (χ1v) is 6.73. The van der Waals surface area contributed by atoms with E-state index in [0.29, 0.717) is 6.04 Å². The number of benzene rings is 1. The highest BCUT2D eigenvalue weighted by atomic mass is 16.5. The summed E-state index contributed by atoms with van der Waals surface area (Å²) in [5.41, 5.74) is 2.02. The van der Waals surface area contributed by atoms with Gasteiger partial charge >= 0.3 is 5.97 Å². The molecule has 0 amide bonds. The maximum absolute atomic E-state index is 10.9. The van der Waals surface area contributed by atoms with Crippen LogP contribution in [0.1, 0.15) is 24.0 Å². The summed E-state index contributed by atoms with van der Waals surface area (Å²) in [5.74, 6) is -0.777. The van der Waals surface area contributed by atoms with E-state index in [0.717, 1.165) is 43.7 Å². The summed E-state index contributed by atoms with van der Waals surface area (Å²) in [6, 6.07) is 8.33. The fourth-order valence-electron chi connectivity index (χ4n) is 2.57. The van der Waals surface area contributed by atoms with Gasteiger partial charge in [-0.1, -0.05) is 24.3 Å². The van der Waals surface area contributed by atoms with Gasteiger partial charge in [0.25, 0.3) is 0 Å². The van der Waals surface area contributed by atoms with Gasteiger partial charge in [-0.25, -0.2) is 0 Å². The second kappa shape index (κ2) is 6.68. The molecule has 2 rings (SSSR count). The van der Waals surface area contributed by atoms with Crippen LogP contribution >= 0.6 is 0 Å². The minimum absolute atomic E-state index is 0.0950. The van der Waals surface area contributed by atoms with Gasteiger partial charge in [0.1, 0.15) is 0 Å². The number of hydrogen-bond donors (Lipinski definition) is 1. The van der Waals surface area contributed by atoms with Gasteiger partial charge in [-0.05, 0) is 31.0 Å². The molecule has 0 aromatic heterocycles. The lowest BCUT2D eigenvalue weighted by Crippen LogP contribution is -2.36. The van der Waals surface area contributed by atoms with Crippen molar-refractivity contribution >= 4 is 5.97 Å². The molecule has 1 aliphatic rings. The number of carbonyl (C=O) groups is 1. The van der Waals surface area contributed by atoms with Gasteiger partial charge in [0.2, 0.25) is 0 Å². The van der Waals surface area contributed by atoms with Crippen LogP contribution in [0.4, 0.5) is 0 Å². The summed E-state index contributed by atoms with van der Waals surface area (Å²) >= 11 is 0. The number of carboxylic acid groups (broad SMARTS) is 1. The Bertz CT molecular complexity index is 427. The molecule has 4 heteroatoms. The minimum Gasteiger partial charge on any atom is -0.481 e. The van der Waals surface area contributed by atoms with Crippen molar-refractivity contribution in [3.63, 3.8) is 0 Å². The molecule has 1 aliphatic heterocycles. The van der Waals surface area contributed by atoms with Gasteiger partial charge < -0.3 is 9.84 Å². The highest BCUT2D eigenvalue weighted by Crippen LogP contribution is 2.18. The Hall–Kier alpha value is -1.39. The number of nitrogens with zero attached hydrogens (tertiary/aromatic N) is 1. The smallest absolute Gasteiger partial charge is 0.307 e. The Morgan fingerprint density at radius 1 is 1.32 bits per heavy atom. The molecule has 0 bridgehead atoms. The molecule has 1 heterocycles. The summed E-state index contributed by atoms with van der Waals surface area (Å²) in [6.07, 6.45) is 2.20. The normalized spacial score (nSPS) is 16.7. The van der Waals surface area contributed by atoms with E-state index in [9.17, 15) is 4.79 Å². The van der Waals surface area contributed by atoms with Crippen LogP contribution in [0.5, 0.6) is 0 Å². The molecule has 1 aromatic carbocycles. The molecule has 1 N–H and O–H groups in total. The van der Waals surface area contributed by atoms with E-state index < -0.39 is 5.97 Å². The zero-order chi connectivity index (χ0) is 13.7.